The summed E-state index contributed by atoms with van der Waals surface area (Å²) < 4.78 is 43.0. The monoisotopic (exact) mass is 414 g/mol. The van der Waals surface area contributed by atoms with Gasteiger partial charge in [0.15, 0.2) is 23.1 Å². The molecule has 30 heavy (non-hydrogen) atoms. The van der Waals surface area contributed by atoms with Crippen LogP contribution in [0, 0.1) is 23.5 Å². The number of halogens is 2. The topological polar surface area (TPSA) is 44.8 Å². The van der Waals surface area contributed by atoms with Gasteiger partial charge in [0.2, 0.25) is 0 Å². The molecule has 6 heteroatoms. The zero-order valence-corrected chi connectivity index (χ0v) is 17.0. The van der Waals surface area contributed by atoms with Gasteiger partial charge < -0.3 is 14.2 Å². The van der Waals surface area contributed by atoms with E-state index in [2.05, 4.69) is 11.8 Å². The van der Waals surface area contributed by atoms with Gasteiger partial charge in [-0.2, -0.15) is 0 Å². The third kappa shape index (κ3) is 5.50. The summed E-state index contributed by atoms with van der Waals surface area (Å²) in [6.45, 7) is 0. The molecule has 0 aliphatic heterocycles. The fourth-order valence-corrected chi connectivity index (χ4v) is 3.43. The Hall–Kier alpha value is -3.07. The number of carbonyl (C=O) groups is 1. The lowest BCUT2D eigenvalue weighted by atomic mass is 9.95. The maximum Gasteiger partial charge on any atom is 0.307 e. The Kier molecular flexibility index (Phi) is 7.29. The van der Waals surface area contributed by atoms with Crippen LogP contribution in [0.4, 0.5) is 8.78 Å². The second-order valence-corrected chi connectivity index (χ2v) is 7.17. The molecule has 4 nitrogen and oxygen atoms in total. The van der Waals surface area contributed by atoms with Crippen LogP contribution in [0.25, 0.3) is 0 Å². The quantitative estimate of drug-likeness (QED) is 0.493. The molecule has 1 saturated carbocycles. The molecule has 0 spiro atoms. The van der Waals surface area contributed by atoms with Crippen LogP contribution in [-0.4, -0.2) is 26.3 Å². The van der Waals surface area contributed by atoms with Gasteiger partial charge in [0.1, 0.15) is 0 Å². The third-order valence-electron chi connectivity index (χ3n) is 5.09. The lowest BCUT2D eigenvalue weighted by molar-refractivity contribution is -0.140. The Bertz CT molecular complexity index is 955. The highest BCUT2D eigenvalue weighted by Gasteiger charge is 2.21. The number of esters is 1. The van der Waals surface area contributed by atoms with Crippen molar-refractivity contribution in [3.63, 3.8) is 0 Å². The molecule has 0 amide bonds. The molecule has 1 aliphatic carbocycles. The Morgan fingerprint density at radius 2 is 1.83 bits per heavy atom. The predicted octanol–water partition coefficient (Wildman–Crippen LogP) is 4.99. The average Bonchev–Trinajstić information content (AvgIpc) is 3.26. The molecule has 0 saturated heterocycles. The van der Waals surface area contributed by atoms with Crippen LogP contribution in [-0.2, 0) is 9.53 Å². The Morgan fingerprint density at radius 3 is 2.50 bits per heavy atom. The Labute approximate surface area is 175 Å². The minimum Gasteiger partial charge on any atom is -0.493 e. The first-order valence-electron chi connectivity index (χ1n) is 9.88. The predicted molar refractivity (Wildman–Crippen MR) is 108 cm³/mol. The van der Waals surface area contributed by atoms with E-state index >= 15 is 0 Å². The number of hydrogen-bond acceptors (Lipinski definition) is 4. The molecule has 1 aliphatic rings. The van der Waals surface area contributed by atoms with Crippen molar-refractivity contribution in [2.45, 2.75) is 44.1 Å². The van der Waals surface area contributed by atoms with E-state index in [1.54, 1.807) is 13.2 Å². The van der Waals surface area contributed by atoms with Gasteiger partial charge in [-0.05, 0) is 61.6 Å². The first kappa shape index (κ1) is 21.6. The highest BCUT2D eigenvalue weighted by atomic mass is 19.2. The number of carbonyl (C=O) groups excluding carboxylic acids is 1. The molecule has 1 atom stereocenters. The van der Waals surface area contributed by atoms with Gasteiger partial charge in [-0.25, -0.2) is 8.78 Å². The Morgan fingerprint density at radius 1 is 1.07 bits per heavy atom. The van der Waals surface area contributed by atoms with Crippen molar-refractivity contribution in [2.24, 2.45) is 0 Å². The number of rotatable bonds is 6. The molecule has 2 aromatic carbocycles. The maximum atomic E-state index is 13.5. The van der Waals surface area contributed by atoms with Crippen molar-refractivity contribution >= 4 is 5.97 Å². The molecule has 0 N–H and O–H groups in total. The summed E-state index contributed by atoms with van der Waals surface area (Å²) in [5, 5.41) is 0. The van der Waals surface area contributed by atoms with E-state index in [0.717, 1.165) is 43.4 Å². The van der Waals surface area contributed by atoms with E-state index in [-0.39, 0.29) is 12.5 Å². The van der Waals surface area contributed by atoms with Gasteiger partial charge in [0, 0.05) is 5.56 Å². The summed E-state index contributed by atoms with van der Waals surface area (Å²) >= 11 is 0. The molecule has 0 unspecified atom stereocenters. The fourth-order valence-electron chi connectivity index (χ4n) is 3.43. The van der Waals surface area contributed by atoms with Crippen LogP contribution in [0.3, 0.4) is 0 Å². The first-order chi connectivity index (χ1) is 14.5. The molecule has 1 fully saturated rings. The minimum absolute atomic E-state index is 0.0162. The van der Waals surface area contributed by atoms with Crippen molar-refractivity contribution in [2.75, 3.05) is 14.2 Å². The van der Waals surface area contributed by atoms with Crippen LogP contribution in [0.15, 0.2) is 36.4 Å². The SMILES string of the molecule is COC(=O)C[C@H](C#Cc1ccc(F)c(F)c1)c1ccc(OC)c(OC2CCCC2)c1. The minimum atomic E-state index is -0.969. The van der Waals surface area contributed by atoms with Gasteiger partial charge in [0.25, 0.3) is 0 Å². The van der Waals surface area contributed by atoms with Crippen molar-refractivity contribution < 1.29 is 27.8 Å². The summed E-state index contributed by atoms with van der Waals surface area (Å²) in [7, 11) is 2.89. The largest absolute Gasteiger partial charge is 0.493 e. The molecular formula is C24H24F2O4. The maximum absolute atomic E-state index is 13.5. The van der Waals surface area contributed by atoms with Gasteiger partial charge in [-0.15, -0.1) is 0 Å². The fraction of sp³-hybridized carbons (Fsp3) is 0.375. The van der Waals surface area contributed by atoms with Crippen LogP contribution in [0.2, 0.25) is 0 Å². The van der Waals surface area contributed by atoms with Gasteiger partial charge in [0.05, 0.1) is 32.7 Å². The highest BCUT2D eigenvalue weighted by molar-refractivity contribution is 5.71. The second kappa shape index (κ2) is 10.1. The van der Waals surface area contributed by atoms with Crippen molar-refractivity contribution in [1.82, 2.24) is 0 Å². The van der Waals surface area contributed by atoms with Crippen LogP contribution in [0.1, 0.15) is 49.1 Å². The van der Waals surface area contributed by atoms with Crippen LogP contribution >= 0.6 is 0 Å². The smallest absolute Gasteiger partial charge is 0.307 e. The molecule has 0 heterocycles. The highest BCUT2D eigenvalue weighted by Crippen LogP contribution is 2.35. The molecule has 0 aromatic heterocycles. The normalized spacial score (nSPS) is 14.5. The van der Waals surface area contributed by atoms with Gasteiger partial charge in [-0.3, -0.25) is 4.79 Å². The van der Waals surface area contributed by atoms with Crippen LogP contribution in [0.5, 0.6) is 11.5 Å². The van der Waals surface area contributed by atoms with Gasteiger partial charge >= 0.3 is 5.97 Å². The summed E-state index contributed by atoms with van der Waals surface area (Å²) in [4.78, 5) is 11.9. The molecule has 0 radical (unpaired) electrons. The van der Waals surface area contributed by atoms with E-state index in [4.69, 9.17) is 14.2 Å². The third-order valence-corrected chi connectivity index (χ3v) is 5.09. The molecule has 0 bridgehead atoms. The summed E-state index contributed by atoms with van der Waals surface area (Å²) in [6, 6.07) is 8.86. The lowest BCUT2D eigenvalue weighted by Crippen LogP contribution is -2.12. The number of ether oxygens (including phenoxy) is 3. The standard InChI is InChI=1S/C24H24F2O4/c1-28-22-12-10-17(14-23(22)30-19-5-3-4-6-19)18(15-24(27)29-2)9-7-16-8-11-20(25)21(26)13-16/h8,10-14,18-19H,3-6,15H2,1-2H3/t18-/m0/s1. The van der Waals surface area contributed by atoms with E-state index in [1.807, 2.05) is 12.1 Å². The molecule has 158 valence electrons. The number of benzene rings is 2. The van der Waals surface area contributed by atoms with E-state index < -0.39 is 23.5 Å². The lowest BCUT2D eigenvalue weighted by Gasteiger charge is -2.18. The molecular weight excluding hydrogens is 390 g/mol. The summed E-state index contributed by atoms with van der Waals surface area (Å²) in [5.74, 6) is 4.18. The number of hydrogen-bond donors (Lipinski definition) is 0. The zero-order valence-electron chi connectivity index (χ0n) is 17.0. The number of methoxy groups -OCH3 is 2. The van der Waals surface area contributed by atoms with Crippen molar-refractivity contribution in [3.8, 4) is 23.3 Å². The average molecular weight is 414 g/mol. The van der Waals surface area contributed by atoms with Gasteiger partial charge in [-0.1, -0.05) is 17.9 Å². The first-order valence-corrected chi connectivity index (χ1v) is 9.88. The molecule has 3 rings (SSSR count). The van der Waals surface area contributed by atoms with Crippen molar-refractivity contribution in [3.05, 3.63) is 59.2 Å². The summed E-state index contributed by atoms with van der Waals surface area (Å²) in [5.41, 5.74) is 1.07. The van der Waals surface area contributed by atoms with E-state index in [0.29, 0.717) is 17.1 Å². The molecule has 2 aromatic rings. The van der Waals surface area contributed by atoms with Crippen LogP contribution < -0.4 is 9.47 Å². The van der Waals surface area contributed by atoms with E-state index in [9.17, 15) is 13.6 Å². The van der Waals surface area contributed by atoms with E-state index in [1.165, 1.54) is 13.2 Å². The second-order valence-electron chi connectivity index (χ2n) is 7.17. The zero-order chi connectivity index (χ0) is 21.5. The summed E-state index contributed by atoms with van der Waals surface area (Å²) in [6.07, 6.45) is 4.42. The Balaban J connectivity index is 1.91. The van der Waals surface area contributed by atoms with Crippen molar-refractivity contribution in [1.29, 1.82) is 0 Å².